The summed E-state index contributed by atoms with van der Waals surface area (Å²) in [7, 11) is -3.71. The van der Waals surface area contributed by atoms with E-state index in [4.69, 9.17) is 5.11 Å². The minimum absolute atomic E-state index is 0.139. The van der Waals surface area contributed by atoms with E-state index in [2.05, 4.69) is 9.71 Å². The van der Waals surface area contributed by atoms with Crippen molar-refractivity contribution in [1.29, 1.82) is 0 Å². The smallest absolute Gasteiger partial charge is 0.264 e. The Kier molecular flexibility index (Phi) is 3.65. The van der Waals surface area contributed by atoms with Gasteiger partial charge in [-0.3, -0.25) is 4.72 Å². The van der Waals surface area contributed by atoms with Crippen LogP contribution in [0.1, 0.15) is 10.4 Å². The average Bonchev–Trinajstić information content (AvgIpc) is 2.72. The van der Waals surface area contributed by atoms with Crippen LogP contribution in [0.5, 0.6) is 0 Å². The molecule has 2 heterocycles. The van der Waals surface area contributed by atoms with Gasteiger partial charge in [-0.25, -0.2) is 13.4 Å². The Morgan fingerprint density at radius 2 is 2.22 bits per heavy atom. The Labute approximate surface area is 109 Å². The first-order valence-corrected chi connectivity index (χ1v) is 7.52. The second-order valence-corrected chi connectivity index (χ2v) is 6.23. The van der Waals surface area contributed by atoms with Gasteiger partial charge in [0, 0.05) is 6.20 Å². The number of nitrogens with zero attached hydrogens (tertiary/aromatic N) is 1. The van der Waals surface area contributed by atoms with Crippen LogP contribution in [0, 0.1) is 6.92 Å². The predicted molar refractivity (Wildman–Crippen MR) is 70.0 cm³/mol. The molecule has 0 radical (unpaired) electrons. The molecule has 0 aromatic carbocycles. The van der Waals surface area contributed by atoms with Crippen LogP contribution in [-0.4, -0.2) is 18.5 Å². The molecule has 96 valence electrons. The molecule has 0 saturated heterocycles. The molecule has 0 unspecified atom stereocenters. The number of anilines is 1. The lowest BCUT2D eigenvalue weighted by Gasteiger charge is -2.08. The molecule has 0 spiro atoms. The summed E-state index contributed by atoms with van der Waals surface area (Å²) in [6, 6.07) is 4.96. The van der Waals surface area contributed by atoms with E-state index in [0.717, 1.165) is 0 Å². The fourth-order valence-electron chi connectivity index (χ4n) is 1.57. The van der Waals surface area contributed by atoms with Crippen LogP contribution < -0.4 is 4.72 Å². The lowest BCUT2D eigenvalue weighted by Crippen LogP contribution is -2.15. The zero-order valence-corrected chi connectivity index (χ0v) is 11.3. The third kappa shape index (κ3) is 2.53. The van der Waals surface area contributed by atoms with Crippen LogP contribution in [0.25, 0.3) is 0 Å². The molecule has 0 fully saturated rings. The van der Waals surface area contributed by atoms with Crippen molar-refractivity contribution in [3.63, 3.8) is 0 Å². The van der Waals surface area contributed by atoms with Gasteiger partial charge in [0.15, 0.2) is 0 Å². The lowest BCUT2D eigenvalue weighted by atomic mass is 10.3. The standard InChI is InChI=1S/C11H12N2O3S2/c1-8-7-17-9(6-14)11(8)18(15,16)13-10-4-2-3-5-12-10/h2-5,7,14H,6H2,1H3,(H,12,13). The molecule has 0 aliphatic carbocycles. The van der Waals surface area contributed by atoms with Crippen LogP contribution in [0.3, 0.4) is 0 Å². The van der Waals surface area contributed by atoms with Gasteiger partial charge in [0.25, 0.3) is 10.0 Å². The van der Waals surface area contributed by atoms with Crippen molar-refractivity contribution in [3.8, 4) is 0 Å². The van der Waals surface area contributed by atoms with Crippen molar-refractivity contribution in [2.24, 2.45) is 0 Å². The highest BCUT2D eigenvalue weighted by Crippen LogP contribution is 2.28. The number of nitrogens with one attached hydrogen (secondary N) is 1. The molecule has 0 aliphatic rings. The molecular weight excluding hydrogens is 272 g/mol. The monoisotopic (exact) mass is 284 g/mol. The SMILES string of the molecule is Cc1csc(CO)c1S(=O)(=O)Nc1ccccn1. The summed E-state index contributed by atoms with van der Waals surface area (Å²) in [5.74, 6) is 0.256. The number of aliphatic hydroxyl groups is 1. The molecule has 18 heavy (non-hydrogen) atoms. The van der Waals surface area contributed by atoms with E-state index >= 15 is 0 Å². The second-order valence-electron chi connectivity index (χ2n) is 3.65. The van der Waals surface area contributed by atoms with Crippen LogP contribution in [0.2, 0.25) is 0 Å². The van der Waals surface area contributed by atoms with Gasteiger partial charge in [0.1, 0.15) is 10.7 Å². The molecule has 5 nitrogen and oxygen atoms in total. The summed E-state index contributed by atoms with van der Waals surface area (Å²) in [4.78, 5) is 4.48. The van der Waals surface area contributed by atoms with Crippen molar-refractivity contribution in [1.82, 2.24) is 4.98 Å². The van der Waals surface area contributed by atoms with Crippen molar-refractivity contribution in [3.05, 3.63) is 40.2 Å². The third-order valence-corrected chi connectivity index (χ3v) is 5.11. The number of aliphatic hydroxyl groups excluding tert-OH is 1. The number of sulfonamides is 1. The fourth-order valence-corrected chi connectivity index (χ4v) is 4.24. The molecule has 0 saturated carbocycles. The molecule has 0 bridgehead atoms. The number of aryl methyl sites for hydroxylation is 1. The van der Waals surface area contributed by atoms with E-state index in [1.54, 1.807) is 30.5 Å². The average molecular weight is 284 g/mol. The summed E-state index contributed by atoms with van der Waals surface area (Å²) in [5, 5.41) is 10.9. The number of thiophene rings is 1. The van der Waals surface area contributed by atoms with Gasteiger partial charge in [-0.1, -0.05) is 6.07 Å². The Balaban J connectivity index is 2.40. The summed E-state index contributed by atoms with van der Waals surface area (Å²) in [5.41, 5.74) is 0.618. The first kappa shape index (κ1) is 13.0. The number of pyridine rings is 1. The molecule has 2 rings (SSSR count). The van der Waals surface area contributed by atoms with Crippen LogP contribution in [0.4, 0.5) is 5.82 Å². The Hall–Kier alpha value is -1.44. The minimum Gasteiger partial charge on any atom is -0.391 e. The number of hydrogen-bond acceptors (Lipinski definition) is 5. The number of aromatic nitrogens is 1. The topological polar surface area (TPSA) is 79.3 Å². The van der Waals surface area contributed by atoms with Gasteiger partial charge in [-0.15, -0.1) is 11.3 Å². The number of hydrogen-bond donors (Lipinski definition) is 2. The lowest BCUT2D eigenvalue weighted by molar-refractivity contribution is 0.282. The Morgan fingerprint density at radius 3 is 2.83 bits per heavy atom. The summed E-state index contributed by atoms with van der Waals surface area (Å²) < 4.78 is 26.8. The molecule has 2 aromatic rings. The van der Waals surface area contributed by atoms with E-state index in [1.807, 2.05) is 0 Å². The molecule has 0 atom stereocenters. The molecule has 2 aromatic heterocycles. The number of rotatable bonds is 4. The molecule has 0 amide bonds. The highest BCUT2D eigenvalue weighted by Gasteiger charge is 2.22. The zero-order valence-electron chi connectivity index (χ0n) is 9.62. The van der Waals surface area contributed by atoms with Crippen molar-refractivity contribution < 1.29 is 13.5 Å². The van der Waals surface area contributed by atoms with Crippen molar-refractivity contribution in [2.45, 2.75) is 18.4 Å². The molecular formula is C11H12N2O3S2. The van der Waals surface area contributed by atoms with Gasteiger partial charge in [0.2, 0.25) is 0 Å². The van der Waals surface area contributed by atoms with Gasteiger partial charge >= 0.3 is 0 Å². The first-order chi connectivity index (χ1) is 8.54. The van der Waals surface area contributed by atoms with Gasteiger partial charge in [0.05, 0.1) is 11.5 Å². The van der Waals surface area contributed by atoms with E-state index in [1.165, 1.54) is 17.5 Å². The maximum atomic E-state index is 12.2. The zero-order chi connectivity index (χ0) is 13.2. The van der Waals surface area contributed by atoms with Crippen molar-refractivity contribution in [2.75, 3.05) is 4.72 Å². The third-order valence-electron chi connectivity index (χ3n) is 2.31. The van der Waals surface area contributed by atoms with E-state index in [9.17, 15) is 8.42 Å². The molecule has 7 heteroatoms. The Bertz CT molecular complexity index is 636. The van der Waals surface area contributed by atoms with Gasteiger partial charge in [-0.2, -0.15) is 0 Å². The fraction of sp³-hybridized carbons (Fsp3) is 0.182. The van der Waals surface area contributed by atoms with E-state index in [0.29, 0.717) is 10.4 Å². The quantitative estimate of drug-likeness (QED) is 0.896. The van der Waals surface area contributed by atoms with Gasteiger partial charge < -0.3 is 5.11 Å². The molecule has 0 aliphatic heterocycles. The molecule has 2 N–H and O–H groups in total. The summed E-state index contributed by atoms with van der Waals surface area (Å²) in [6.45, 7) is 1.40. The Morgan fingerprint density at radius 1 is 1.44 bits per heavy atom. The predicted octanol–water partition coefficient (Wildman–Crippen LogP) is 1.74. The highest BCUT2D eigenvalue weighted by molar-refractivity contribution is 7.93. The maximum absolute atomic E-state index is 12.2. The summed E-state index contributed by atoms with van der Waals surface area (Å²) in [6.07, 6.45) is 1.51. The highest BCUT2D eigenvalue weighted by atomic mass is 32.2. The first-order valence-electron chi connectivity index (χ1n) is 5.16. The van der Waals surface area contributed by atoms with Crippen molar-refractivity contribution >= 4 is 27.2 Å². The second kappa shape index (κ2) is 5.05. The van der Waals surface area contributed by atoms with Crippen LogP contribution in [-0.2, 0) is 16.6 Å². The summed E-state index contributed by atoms with van der Waals surface area (Å²) >= 11 is 1.22. The minimum atomic E-state index is -3.71. The largest absolute Gasteiger partial charge is 0.391 e. The van der Waals surface area contributed by atoms with Gasteiger partial charge in [-0.05, 0) is 30.0 Å². The van der Waals surface area contributed by atoms with Crippen LogP contribution >= 0.6 is 11.3 Å². The van der Waals surface area contributed by atoms with E-state index in [-0.39, 0.29) is 17.3 Å². The van der Waals surface area contributed by atoms with Crippen LogP contribution in [0.15, 0.2) is 34.7 Å². The maximum Gasteiger partial charge on any atom is 0.264 e. The van der Waals surface area contributed by atoms with E-state index < -0.39 is 10.0 Å². The normalized spacial score (nSPS) is 11.4.